The van der Waals surface area contributed by atoms with Gasteiger partial charge in [-0.2, -0.15) is 0 Å². The van der Waals surface area contributed by atoms with Gasteiger partial charge in [-0.3, -0.25) is 14.9 Å². The molecule has 25 heavy (non-hydrogen) atoms. The number of hydrogen-bond acceptors (Lipinski definition) is 7. The van der Waals surface area contributed by atoms with Crippen molar-refractivity contribution in [3.63, 3.8) is 0 Å². The summed E-state index contributed by atoms with van der Waals surface area (Å²) in [6.07, 6.45) is 0. The zero-order valence-corrected chi connectivity index (χ0v) is 16.1. The predicted octanol–water partition coefficient (Wildman–Crippen LogP) is 2.96. The first-order chi connectivity index (χ1) is 12.0. The van der Waals surface area contributed by atoms with Gasteiger partial charge in [-0.25, -0.2) is 0 Å². The van der Waals surface area contributed by atoms with E-state index in [9.17, 15) is 9.59 Å². The van der Waals surface area contributed by atoms with Gasteiger partial charge in [0.1, 0.15) is 11.6 Å². The first kappa shape index (κ1) is 19.6. The number of ether oxygens (including phenoxy) is 1. The van der Waals surface area contributed by atoms with Crippen LogP contribution in [0.3, 0.4) is 0 Å². The van der Waals surface area contributed by atoms with Crippen LogP contribution in [0, 0.1) is 6.92 Å². The SMILES string of the molecule is COCc1nnc(NC(=O)CSCC(=O)Nc2ccc(Cl)cc2C)s1. The van der Waals surface area contributed by atoms with Crippen molar-refractivity contribution >= 4 is 57.3 Å². The zero-order valence-electron chi connectivity index (χ0n) is 13.7. The van der Waals surface area contributed by atoms with Crippen molar-refractivity contribution < 1.29 is 14.3 Å². The summed E-state index contributed by atoms with van der Waals surface area (Å²) >= 11 is 8.35. The Labute approximate surface area is 158 Å². The van der Waals surface area contributed by atoms with Crippen LogP contribution in [0.15, 0.2) is 18.2 Å². The van der Waals surface area contributed by atoms with E-state index in [2.05, 4.69) is 20.8 Å². The maximum Gasteiger partial charge on any atom is 0.236 e. The minimum Gasteiger partial charge on any atom is -0.377 e. The number of rotatable bonds is 8. The van der Waals surface area contributed by atoms with Crippen LogP contribution in [0.4, 0.5) is 10.8 Å². The van der Waals surface area contributed by atoms with Crippen molar-refractivity contribution in [2.75, 3.05) is 29.2 Å². The van der Waals surface area contributed by atoms with E-state index >= 15 is 0 Å². The highest BCUT2D eigenvalue weighted by Crippen LogP contribution is 2.20. The summed E-state index contributed by atoms with van der Waals surface area (Å²) in [6, 6.07) is 5.24. The van der Waals surface area contributed by atoms with Crippen LogP contribution in [-0.4, -0.2) is 40.6 Å². The molecule has 0 saturated heterocycles. The second-order valence-electron chi connectivity index (χ2n) is 4.98. The molecule has 0 fully saturated rings. The Morgan fingerprint density at radius 3 is 2.64 bits per heavy atom. The van der Waals surface area contributed by atoms with Gasteiger partial charge in [-0.15, -0.1) is 22.0 Å². The quantitative estimate of drug-likeness (QED) is 0.707. The Hall–Kier alpha value is -1.68. The van der Waals surface area contributed by atoms with Crippen molar-refractivity contribution in [2.45, 2.75) is 13.5 Å². The predicted molar refractivity (Wildman–Crippen MR) is 101 cm³/mol. The van der Waals surface area contributed by atoms with Gasteiger partial charge < -0.3 is 10.1 Å². The molecule has 0 radical (unpaired) electrons. The molecule has 2 rings (SSSR count). The molecule has 2 aromatic rings. The van der Waals surface area contributed by atoms with Crippen LogP contribution in [0.2, 0.25) is 5.02 Å². The van der Waals surface area contributed by atoms with Gasteiger partial charge in [0.25, 0.3) is 0 Å². The Kier molecular flexibility index (Phi) is 7.63. The topological polar surface area (TPSA) is 93.2 Å². The summed E-state index contributed by atoms with van der Waals surface area (Å²) in [5, 5.41) is 14.9. The largest absolute Gasteiger partial charge is 0.377 e. The highest BCUT2D eigenvalue weighted by Gasteiger charge is 2.10. The number of nitrogens with zero attached hydrogens (tertiary/aromatic N) is 2. The molecular formula is C15H17ClN4O3S2. The minimum atomic E-state index is -0.236. The number of halogens is 1. The Balaban J connectivity index is 1.71. The molecule has 0 aliphatic heterocycles. The van der Waals surface area contributed by atoms with E-state index < -0.39 is 0 Å². The molecule has 134 valence electrons. The van der Waals surface area contributed by atoms with Gasteiger partial charge in [0.05, 0.1) is 11.5 Å². The van der Waals surface area contributed by atoms with Crippen molar-refractivity contribution in [1.29, 1.82) is 0 Å². The van der Waals surface area contributed by atoms with Gasteiger partial charge in [-0.05, 0) is 30.7 Å². The summed E-state index contributed by atoms with van der Waals surface area (Å²) in [4.78, 5) is 23.8. The maximum absolute atomic E-state index is 11.9. The molecule has 0 aliphatic carbocycles. The number of carbonyl (C=O) groups is 2. The Bertz CT molecular complexity index is 754. The number of hydrogen-bond donors (Lipinski definition) is 2. The summed E-state index contributed by atoms with van der Waals surface area (Å²) in [7, 11) is 1.56. The third-order valence-corrected chi connectivity index (χ3v) is 4.89. The van der Waals surface area contributed by atoms with E-state index in [1.54, 1.807) is 25.3 Å². The van der Waals surface area contributed by atoms with Gasteiger partial charge >= 0.3 is 0 Å². The zero-order chi connectivity index (χ0) is 18.2. The van der Waals surface area contributed by atoms with Gasteiger partial charge in [0.15, 0.2) is 0 Å². The summed E-state index contributed by atoms with van der Waals surface area (Å²) in [6.45, 7) is 2.22. The number of aromatic nitrogens is 2. The summed E-state index contributed by atoms with van der Waals surface area (Å²) in [5.74, 6) is -0.102. The van der Waals surface area contributed by atoms with Gasteiger partial charge in [0, 0.05) is 17.8 Å². The highest BCUT2D eigenvalue weighted by atomic mass is 35.5. The van der Waals surface area contributed by atoms with Crippen LogP contribution in [0.25, 0.3) is 0 Å². The van der Waals surface area contributed by atoms with Crippen molar-refractivity contribution in [3.05, 3.63) is 33.8 Å². The van der Waals surface area contributed by atoms with Crippen LogP contribution in [0.1, 0.15) is 10.6 Å². The average molecular weight is 401 g/mol. The third kappa shape index (κ3) is 6.62. The molecule has 10 heteroatoms. The minimum absolute atomic E-state index is 0.145. The number of carbonyl (C=O) groups excluding carboxylic acids is 2. The standard InChI is InChI=1S/C15H17ClN4O3S2/c1-9-5-10(16)3-4-11(9)17-12(21)7-24-8-13(22)18-15-20-19-14(25-15)6-23-2/h3-5H,6-8H2,1-2H3,(H,17,21)(H,18,20,22). The molecule has 0 bridgehead atoms. The molecule has 0 aliphatic rings. The van der Waals surface area contributed by atoms with Crippen molar-refractivity contribution in [3.8, 4) is 0 Å². The molecule has 2 N–H and O–H groups in total. The van der Waals surface area contributed by atoms with Crippen molar-refractivity contribution in [1.82, 2.24) is 10.2 Å². The smallest absolute Gasteiger partial charge is 0.236 e. The molecule has 2 amide bonds. The molecule has 1 aromatic carbocycles. The number of anilines is 2. The summed E-state index contributed by atoms with van der Waals surface area (Å²) in [5.41, 5.74) is 1.59. The molecule has 0 saturated carbocycles. The lowest BCUT2D eigenvalue weighted by atomic mass is 10.2. The molecular weight excluding hydrogens is 384 g/mol. The molecule has 0 atom stereocenters. The fraction of sp³-hybridized carbons (Fsp3) is 0.333. The van der Waals surface area contributed by atoms with Crippen LogP contribution in [-0.2, 0) is 20.9 Å². The first-order valence-electron chi connectivity index (χ1n) is 7.23. The number of benzene rings is 1. The average Bonchev–Trinajstić information content (AvgIpc) is 2.97. The van der Waals surface area contributed by atoms with E-state index in [0.29, 0.717) is 27.5 Å². The Morgan fingerprint density at radius 2 is 1.96 bits per heavy atom. The van der Waals surface area contributed by atoms with Gasteiger partial charge in [0.2, 0.25) is 16.9 Å². The van der Waals surface area contributed by atoms with E-state index in [4.69, 9.17) is 16.3 Å². The number of nitrogens with one attached hydrogen (secondary N) is 2. The monoisotopic (exact) mass is 400 g/mol. The maximum atomic E-state index is 11.9. The second-order valence-corrected chi connectivity index (χ2v) is 7.47. The molecule has 0 unspecified atom stereocenters. The fourth-order valence-corrected chi connectivity index (χ4v) is 3.40. The van der Waals surface area contributed by atoms with E-state index in [1.807, 2.05) is 6.92 Å². The molecule has 1 aromatic heterocycles. The Morgan fingerprint density at radius 1 is 1.24 bits per heavy atom. The second kappa shape index (κ2) is 9.71. The van der Waals surface area contributed by atoms with Crippen LogP contribution < -0.4 is 10.6 Å². The lowest BCUT2D eigenvalue weighted by Gasteiger charge is -2.08. The number of methoxy groups -OCH3 is 1. The number of aryl methyl sites for hydroxylation is 1. The molecule has 7 nitrogen and oxygen atoms in total. The highest BCUT2D eigenvalue weighted by molar-refractivity contribution is 8.00. The van der Waals surface area contributed by atoms with Crippen LogP contribution >= 0.6 is 34.7 Å². The lowest BCUT2D eigenvalue weighted by molar-refractivity contribution is -0.114. The molecule has 1 heterocycles. The number of amides is 2. The van der Waals surface area contributed by atoms with E-state index in [1.165, 1.54) is 23.1 Å². The fourth-order valence-electron chi connectivity index (χ4n) is 1.83. The lowest BCUT2D eigenvalue weighted by Crippen LogP contribution is -2.18. The first-order valence-corrected chi connectivity index (χ1v) is 9.57. The van der Waals surface area contributed by atoms with Gasteiger partial charge in [-0.1, -0.05) is 22.9 Å². The summed E-state index contributed by atoms with van der Waals surface area (Å²) < 4.78 is 4.94. The third-order valence-electron chi connectivity index (χ3n) is 2.91. The molecule has 0 spiro atoms. The number of thioether (sulfide) groups is 1. The normalized spacial score (nSPS) is 10.5. The van der Waals surface area contributed by atoms with Crippen LogP contribution in [0.5, 0.6) is 0 Å². The van der Waals surface area contributed by atoms with E-state index in [0.717, 1.165) is 5.56 Å². The van der Waals surface area contributed by atoms with E-state index in [-0.39, 0.29) is 23.3 Å². The van der Waals surface area contributed by atoms with Crippen molar-refractivity contribution in [2.24, 2.45) is 0 Å².